The third-order valence-electron chi connectivity index (χ3n) is 4.87. The Hall–Kier alpha value is -3.33. The zero-order valence-electron chi connectivity index (χ0n) is 17.0. The first kappa shape index (κ1) is 19.0. The second kappa shape index (κ2) is 8.78. The van der Waals surface area contributed by atoms with E-state index in [4.69, 9.17) is 9.15 Å². The predicted molar refractivity (Wildman–Crippen MR) is 117 cm³/mol. The third kappa shape index (κ3) is 4.40. The van der Waals surface area contributed by atoms with Crippen molar-refractivity contribution in [3.05, 3.63) is 95.9 Å². The summed E-state index contributed by atoms with van der Waals surface area (Å²) in [5, 5.41) is 0. The number of nitrogens with zero attached hydrogens (tertiary/aromatic N) is 1. The quantitative estimate of drug-likeness (QED) is 0.272. The Labute approximate surface area is 171 Å². The minimum absolute atomic E-state index is 0.703. The van der Waals surface area contributed by atoms with E-state index in [9.17, 15) is 0 Å². The van der Waals surface area contributed by atoms with Crippen molar-refractivity contribution in [3.8, 4) is 5.75 Å². The molecule has 4 rings (SSSR count). The van der Waals surface area contributed by atoms with Gasteiger partial charge in [0.05, 0.1) is 0 Å². The molecule has 0 saturated carbocycles. The van der Waals surface area contributed by atoms with Crippen LogP contribution in [0.2, 0.25) is 0 Å². The molecule has 0 radical (unpaired) electrons. The van der Waals surface area contributed by atoms with Crippen LogP contribution in [0, 0.1) is 6.92 Å². The number of hydrogen-bond acceptors (Lipinski definition) is 2. The molecule has 0 saturated heterocycles. The van der Waals surface area contributed by atoms with Crippen molar-refractivity contribution in [1.82, 2.24) is 0 Å². The molecule has 0 aliphatic rings. The van der Waals surface area contributed by atoms with Gasteiger partial charge in [-0.1, -0.05) is 67.9 Å². The summed E-state index contributed by atoms with van der Waals surface area (Å²) in [6, 6.07) is 26.5. The average Bonchev–Trinajstić information content (AvgIpc) is 3.11. The van der Waals surface area contributed by atoms with Crippen molar-refractivity contribution in [2.24, 2.45) is 0 Å². The lowest BCUT2D eigenvalue weighted by Crippen LogP contribution is -2.36. The maximum atomic E-state index is 6.38. The first-order valence-corrected chi connectivity index (χ1v) is 10.2. The van der Waals surface area contributed by atoms with Crippen LogP contribution in [-0.2, 0) is 6.54 Å². The number of aryl methyl sites for hydroxylation is 2. The fraction of sp³-hybridized carbons (Fsp3) is 0.192. The molecule has 29 heavy (non-hydrogen) atoms. The number of fused-ring (bicyclic) bond motifs is 1. The summed E-state index contributed by atoms with van der Waals surface area (Å²) in [6.45, 7) is 5.15. The van der Waals surface area contributed by atoms with Gasteiger partial charge in [-0.2, -0.15) is 4.57 Å². The van der Waals surface area contributed by atoms with Gasteiger partial charge in [0.25, 0.3) is 5.52 Å². The molecule has 0 unspecified atom stereocenters. The molecule has 0 spiro atoms. The van der Waals surface area contributed by atoms with Crippen LogP contribution in [-0.4, -0.2) is 0 Å². The predicted octanol–water partition coefficient (Wildman–Crippen LogP) is 6.41. The van der Waals surface area contributed by atoms with Gasteiger partial charge in [-0.15, -0.1) is 0 Å². The van der Waals surface area contributed by atoms with Gasteiger partial charge in [-0.25, -0.2) is 0 Å². The highest BCUT2D eigenvalue weighted by atomic mass is 16.5. The van der Waals surface area contributed by atoms with E-state index in [0.717, 1.165) is 53.3 Å². The van der Waals surface area contributed by atoms with Crippen LogP contribution >= 0.6 is 0 Å². The monoisotopic (exact) mass is 384 g/mol. The zero-order valence-corrected chi connectivity index (χ0v) is 17.0. The first-order valence-electron chi connectivity index (χ1n) is 10.2. The largest absolute Gasteiger partial charge is 0.447 e. The molecular formula is C26H26NO2+. The first-order chi connectivity index (χ1) is 14.2. The van der Waals surface area contributed by atoms with Crippen LogP contribution in [0.25, 0.3) is 22.9 Å². The van der Waals surface area contributed by atoms with Crippen molar-refractivity contribution in [1.29, 1.82) is 0 Å². The Morgan fingerprint density at radius 3 is 2.55 bits per heavy atom. The molecule has 0 aliphatic heterocycles. The zero-order chi connectivity index (χ0) is 20.1. The molecule has 3 aromatic carbocycles. The number of ether oxygens (including phenoxy) is 1. The standard InChI is InChI=1S/C26H26NO2/c1-3-4-17-27-23-15-8-9-16-24(23)29-26(27)25(19-21-12-6-5-7-13-21)28-22-14-10-11-20(2)18-22/h5-16,18-19H,3-4,17H2,1-2H3/q+1. The highest BCUT2D eigenvalue weighted by Gasteiger charge is 2.27. The number of para-hydroxylation sites is 2. The highest BCUT2D eigenvalue weighted by Crippen LogP contribution is 2.26. The molecule has 0 N–H and O–H groups in total. The summed E-state index contributed by atoms with van der Waals surface area (Å²) >= 11 is 0. The molecule has 0 bridgehead atoms. The lowest BCUT2D eigenvalue weighted by atomic mass is 10.2. The smallest absolute Gasteiger partial charge is 0.418 e. The van der Waals surface area contributed by atoms with Crippen molar-refractivity contribution in [3.63, 3.8) is 0 Å². The van der Waals surface area contributed by atoms with Gasteiger partial charge >= 0.3 is 5.89 Å². The molecule has 1 aromatic heterocycles. The molecule has 3 nitrogen and oxygen atoms in total. The molecule has 0 fully saturated rings. The van der Waals surface area contributed by atoms with E-state index < -0.39 is 0 Å². The van der Waals surface area contributed by atoms with Gasteiger partial charge in [0, 0.05) is 12.5 Å². The maximum absolute atomic E-state index is 6.38. The summed E-state index contributed by atoms with van der Waals surface area (Å²) < 4.78 is 14.9. The number of unbranched alkanes of at least 4 members (excludes halogenated alkanes) is 1. The SMILES string of the molecule is CCCC[n+]1c(C(=Cc2ccccc2)Oc2cccc(C)c2)oc2ccccc21. The van der Waals surface area contributed by atoms with Crippen molar-refractivity contribution >= 4 is 22.9 Å². The third-order valence-corrected chi connectivity index (χ3v) is 4.87. The van der Waals surface area contributed by atoms with E-state index >= 15 is 0 Å². The van der Waals surface area contributed by atoms with Crippen LogP contribution in [0.15, 0.2) is 83.3 Å². The minimum atomic E-state index is 0.703. The summed E-state index contributed by atoms with van der Waals surface area (Å²) in [4.78, 5) is 0. The van der Waals surface area contributed by atoms with E-state index in [-0.39, 0.29) is 0 Å². The van der Waals surface area contributed by atoms with E-state index in [0.29, 0.717) is 5.76 Å². The van der Waals surface area contributed by atoms with Crippen molar-refractivity contribution in [2.75, 3.05) is 0 Å². The molecule has 1 heterocycles. The molecule has 146 valence electrons. The van der Waals surface area contributed by atoms with Crippen LogP contribution < -0.4 is 9.30 Å². The van der Waals surface area contributed by atoms with E-state index in [1.165, 1.54) is 0 Å². The number of rotatable bonds is 7. The van der Waals surface area contributed by atoms with Crippen molar-refractivity contribution < 1.29 is 13.7 Å². The van der Waals surface area contributed by atoms with Crippen LogP contribution in [0.5, 0.6) is 5.75 Å². The van der Waals surface area contributed by atoms with Crippen LogP contribution in [0.3, 0.4) is 0 Å². The van der Waals surface area contributed by atoms with Crippen molar-refractivity contribution in [2.45, 2.75) is 33.2 Å². The number of oxazole rings is 1. The lowest BCUT2D eigenvalue weighted by Gasteiger charge is -2.08. The maximum Gasteiger partial charge on any atom is 0.418 e. The lowest BCUT2D eigenvalue weighted by molar-refractivity contribution is -0.679. The Balaban J connectivity index is 1.85. The summed E-state index contributed by atoms with van der Waals surface area (Å²) in [7, 11) is 0. The normalized spacial score (nSPS) is 11.7. The van der Waals surface area contributed by atoms with Gasteiger partial charge in [0.1, 0.15) is 5.75 Å². The molecule has 0 amide bonds. The number of hydrogen-bond donors (Lipinski definition) is 0. The van der Waals surface area contributed by atoms with Gasteiger partial charge in [-0.05, 0) is 42.3 Å². The molecule has 0 atom stereocenters. The van der Waals surface area contributed by atoms with E-state index in [2.05, 4.69) is 42.7 Å². The Morgan fingerprint density at radius 2 is 1.76 bits per heavy atom. The van der Waals surface area contributed by atoms with Crippen LogP contribution in [0.4, 0.5) is 0 Å². The fourth-order valence-corrected chi connectivity index (χ4v) is 3.40. The summed E-state index contributed by atoms with van der Waals surface area (Å²) in [5.41, 5.74) is 4.18. The second-order valence-electron chi connectivity index (χ2n) is 7.22. The number of aromatic nitrogens is 1. The molecule has 4 aromatic rings. The van der Waals surface area contributed by atoms with Gasteiger partial charge in [-0.3, -0.25) is 0 Å². The van der Waals surface area contributed by atoms with E-state index in [1.54, 1.807) is 0 Å². The molecular weight excluding hydrogens is 358 g/mol. The average molecular weight is 384 g/mol. The minimum Gasteiger partial charge on any atom is -0.447 e. The van der Waals surface area contributed by atoms with Crippen LogP contribution in [0.1, 0.15) is 36.8 Å². The Morgan fingerprint density at radius 1 is 0.966 bits per heavy atom. The Kier molecular flexibility index (Phi) is 5.76. The van der Waals surface area contributed by atoms with Gasteiger partial charge in [0.2, 0.25) is 11.3 Å². The highest BCUT2D eigenvalue weighted by molar-refractivity contribution is 5.77. The Bertz CT molecular complexity index is 1130. The topological polar surface area (TPSA) is 26.2 Å². The van der Waals surface area contributed by atoms with Gasteiger partial charge < -0.3 is 9.15 Å². The van der Waals surface area contributed by atoms with E-state index in [1.807, 2.05) is 60.7 Å². The number of benzene rings is 3. The summed E-state index contributed by atoms with van der Waals surface area (Å²) in [5.74, 6) is 2.24. The van der Waals surface area contributed by atoms with Gasteiger partial charge in [0.15, 0.2) is 6.54 Å². The fourth-order valence-electron chi connectivity index (χ4n) is 3.40. The molecule has 0 aliphatic carbocycles. The second-order valence-corrected chi connectivity index (χ2v) is 7.22. The molecule has 3 heteroatoms. The summed E-state index contributed by atoms with van der Waals surface area (Å²) in [6.07, 6.45) is 4.23.